The van der Waals surface area contributed by atoms with Gasteiger partial charge in [0, 0.05) is 14.1 Å². The van der Waals surface area contributed by atoms with Crippen molar-refractivity contribution in [3.63, 3.8) is 0 Å². The number of nitrogens with zero attached hydrogens (tertiary/aromatic N) is 2. The fourth-order valence-electron chi connectivity index (χ4n) is 3.02. The van der Waals surface area contributed by atoms with Gasteiger partial charge in [0.1, 0.15) is 18.1 Å². The molecule has 0 radical (unpaired) electrons. The lowest BCUT2D eigenvalue weighted by Crippen LogP contribution is -2.18. The Labute approximate surface area is 175 Å². The number of nitrogens with one attached hydrogen (secondary N) is 1. The van der Waals surface area contributed by atoms with Crippen molar-refractivity contribution in [1.82, 2.24) is 5.16 Å². The van der Waals surface area contributed by atoms with Crippen LogP contribution in [0.3, 0.4) is 0 Å². The summed E-state index contributed by atoms with van der Waals surface area (Å²) in [5, 5.41) is 7.45. The normalized spacial score (nSPS) is 10.7. The fourth-order valence-corrected chi connectivity index (χ4v) is 3.36. The number of hydrogen-bond donors (Lipinski definition) is 1. The average molecular weight is 414 g/mol. The van der Waals surface area contributed by atoms with Crippen molar-refractivity contribution in [3.05, 3.63) is 70.1 Å². The molecule has 1 aromatic heterocycles. The maximum atomic E-state index is 12.5. The van der Waals surface area contributed by atoms with Gasteiger partial charge in [-0.25, -0.2) is 0 Å². The van der Waals surface area contributed by atoms with Crippen molar-refractivity contribution in [2.45, 2.75) is 26.9 Å². The van der Waals surface area contributed by atoms with E-state index in [-0.39, 0.29) is 12.3 Å². The van der Waals surface area contributed by atoms with Gasteiger partial charge < -0.3 is 19.5 Å². The maximum absolute atomic E-state index is 12.5. The van der Waals surface area contributed by atoms with E-state index < -0.39 is 0 Å². The molecule has 152 valence electrons. The summed E-state index contributed by atoms with van der Waals surface area (Å²) in [5.74, 6) is 1.37. The third-order valence-corrected chi connectivity index (χ3v) is 4.87. The largest absolute Gasteiger partial charge is 0.489 e. The quantitative estimate of drug-likeness (QED) is 0.604. The molecular formula is C22H24ClN3O3. The van der Waals surface area contributed by atoms with Gasteiger partial charge in [-0.15, -0.1) is 0 Å². The van der Waals surface area contributed by atoms with Crippen molar-refractivity contribution in [2.24, 2.45) is 0 Å². The molecule has 0 fully saturated rings. The Balaban J connectivity index is 1.60. The summed E-state index contributed by atoms with van der Waals surface area (Å²) in [6, 6.07) is 12.9. The molecule has 0 aliphatic rings. The van der Waals surface area contributed by atoms with Gasteiger partial charge in [0.25, 0.3) is 0 Å². The molecule has 3 aromatic rings. The fraction of sp³-hybridized carbons (Fsp3) is 0.273. The number of carbonyl (C=O) groups excluding carboxylic acids is 1. The molecule has 0 spiro atoms. The number of ether oxygens (including phenoxy) is 1. The Hall–Kier alpha value is -2.99. The minimum atomic E-state index is -0.111. The Morgan fingerprint density at radius 1 is 1.17 bits per heavy atom. The number of aryl methyl sites for hydroxylation is 2. The highest BCUT2D eigenvalue weighted by molar-refractivity contribution is 6.34. The highest BCUT2D eigenvalue weighted by Gasteiger charge is 2.13. The van der Waals surface area contributed by atoms with Crippen molar-refractivity contribution in [2.75, 3.05) is 24.3 Å². The van der Waals surface area contributed by atoms with Crippen molar-refractivity contribution < 1.29 is 14.1 Å². The maximum Gasteiger partial charge on any atom is 0.228 e. The summed E-state index contributed by atoms with van der Waals surface area (Å²) in [4.78, 5) is 14.4. The first kappa shape index (κ1) is 20.7. The number of benzene rings is 2. The molecule has 0 saturated heterocycles. The first-order chi connectivity index (χ1) is 13.8. The lowest BCUT2D eigenvalue weighted by Gasteiger charge is -2.19. The molecule has 1 N–H and O–H groups in total. The summed E-state index contributed by atoms with van der Waals surface area (Å²) in [6.45, 7) is 4.14. The third kappa shape index (κ3) is 5.09. The molecule has 0 atom stereocenters. The lowest BCUT2D eigenvalue weighted by atomic mass is 10.1. The molecule has 1 amide bonds. The molecule has 0 saturated carbocycles. The van der Waals surface area contributed by atoms with Gasteiger partial charge in [-0.05, 0) is 43.7 Å². The van der Waals surface area contributed by atoms with Gasteiger partial charge in [0.2, 0.25) is 5.91 Å². The summed E-state index contributed by atoms with van der Waals surface area (Å²) < 4.78 is 10.9. The molecular weight excluding hydrogens is 390 g/mol. The van der Waals surface area contributed by atoms with Crippen LogP contribution in [0.25, 0.3) is 0 Å². The Morgan fingerprint density at radius 3 is 2.52 bits per heavy atom. The first-order valence-electron chi connectivity index (χ1n) is 9.24. The molecule has 0 aliphatic carbocycles. The summed E-state index contributed by atoms with van der Waals surface area (Å²) in [5.41, 5.74) is 4.14. The predicted molar refractivity (Wildman–Crippen MR) is 115 cm³/mol. The molecule has 2 aromatic carbocycles. The third-order valence-electron chi connectivity index (χ3n) is 4.56. The van der Waals surface area contributed by atoms with Crippen LogP contribution in [-0.2, 0) is 17.8 Å². The van der Waals surface area contributed by atoms with E-state index in [0.29, 0.717) is 17.3 Å². The molecule has 0 aliphatic heterocycles. The van der Waals surface area contributed by atoms with Crippen LogP contribution in [0, 0.1) is 13.8 Å². The van der Waals surface area contributed by atoms with Crippen LogP contribution >= 0.6 is 11.6 Å². The Bertz CT molecular complexity index is 978. The van der Waals surface area contributed by atoms with E-state index in [4.69, 9.17) is 20.9 Å². The summed E-state index contributed by atoms with van der Waals surface area (Å²) in [7, 11) is 3.77. The van der Waals surface area contributed by atoms with Crippen LogP contribution in [0.4, 0.5) is 11.4 Å². The van der Waals surface area contributed by atoms with Gasteiger partial charge >= 0.3 is 0 Å². The topological polar surface area (TPSA) is 67.6 Å². The SMILES string of the molecule is Cc1noc(C)c1COc1ccc(CC(=O)Nc2cccc(Cl)c2N(C)C)cc1. The molecule has 3 rings (SSSR count). The summed E-state index contributed by atoms with van der Waals surface area (Å²) in [6.07, 6.45) is 0.254. The molecule has 7 heteroatoms. The van der Waals surface area contributed by atoms with Gasteiger partial charge in [0.15, 0.2) is 0 Å². The number of anilines is 2. The van der Waals surface area contributed by atoms with Crippen LogP contribution in [-0.4, -0.2) is 25.2 Å². The second-order valence-electron chi connectivity index (χ2n) is 6.99. The number of rotatable bonds is 7. The van der Waals surface area contributed by atoms with E-state index in [0.717, 1.165) is 34.0 Å². The van der Waals surface area contributed by atoms with Crippen molar-refractivity contribution >= 4 is 28.9 Å². The van der Waals surface area contributed by atoms with E-state index in [1.165, 1.54) is 0 Å². The Morgan fingerprint density at radius 2 is 1.90 bits per heavy atom. The van der Waals surface area contributed by atoms with Gasteiger partial charge in [-0.3, -0.25) is 4.79 Å². The minimum absolute atomic E-state index is 0.111. The minimum Gasteiger partial charge on any atom is -0.489 e. The van der Waals surface area contributed by atoms with Crippen LogP contribution < -0.4 is 15.0 Å². The number of para-hydroxylation sites is 1. The van der Waals surface area contributed by atoms with Gasteiger partial charge in [-0.2, -0.15) is 0 Å². The second-order valence-corrected chi connectivity index (χ2v) is 7.40. The lowest BCUT2D eigenvalue weighted by molar-refractivity contribution is -0.115. The molecule has 0 bridgehead atoms. The Kier molecular flexibility index (Phi) is 6.44. The van der Waals surface area contributed by atoms with E-state index in [9.17, 15) is 4.79 Å². The number of halogens is 1. The highest BCUT2D eigenvalue weighted by Crippen LogP contribution is 2.32. The van der Waals surface area contributed by atoms with Gasteiger partial charge in [-0.1, -0.05) is 35.0 Å². The molecule has 29 heavy (non-hydrogen) atoms. The van der Waals surface area contributed by atoms with Gasteiger partial charge in [0.05, 0.1) is 34.1 Å². The number of carbonyl (C=O) groups is 1. The summed E-state index contributed by atoms with van der Waals surface area (Å²) >= 11 is 6.25. The van der Waals surface area contributed by atoms with E-state index in [2.05, 4.69) is 10.5 Å². The smallest absolute Gasteiger partial charge is 0.228 e. The number of hydrogen-bond acceptors (Lipinski definition) is 5. The van der Waals surface area contributed by atoms with E-state index in [1.54, 1.807) is 6.07 Å². The average Bonchev–Trinajstić information content (AvgIpc) is 2.98. The van der Waals surface area contributed by atoms with E-state index >= 15 is 0 Å². The molecule has 0 unspecified atom stereocenters. The standard InChI is InChI=1S/C22H24ClN3O3/c1-14-18(15(2)29-25-14)13-28-17-10-8-16(9-11-17)12-21(27)24-20-7-5-6-19(23)22(20)26(3)4/h5-11H,12-13H2,1-4H3,(H,24,27). The number of aromatic nitrogens is 1. The zero-order valence-corrected chi connectivity index (χ0v) is 17.7. The molecule has 6 nitrogen and oxygen atoms in total. The zero-order valence-electron chi connectivity index (χ0n) is 17.0. The van der Waals surface area contributed by atoms with Crippen molar-refractivity contribution in [3.8, 4) is 5.75 Å². The first-order valence-corrected chi connectivity index (χ1v) is 9.62. The van der Waals surface area contributed by atoms with Crippen LogP contribution in [0.2, 0.25) is 5.02 Å². The van der Waals surface area contributed by atoms with Crippen LogP contribution in [0.1, 0.15) is 22.6 Å². The van der Waals surface area contributed by atoms with E-state index in [1.807, 2.05) is 69.2 Å². The highest BCUT2D eigenvalue weighted by atomic mass is 35.5. The molecule has 1 heterocycles. The van der Waals surface area contributed by atoms with Crippen molar-refractivity contribution in [1.29, 1.82) is 0 Å². The number of amides is 1. The monoisotopic (exact) mass is 413 g/mol. The van der Waals surface area contributed by atoms with Crippen LogP contribution in [0.5, 0.6) is 5.75 Å². The van der Waals surface area contributed by atoms with Crippen LogP contribution in [0.15, 0.2) is 47.0 Å². The predicted octanol–water partition coefficient (Wildman–Crippen LogP) is 4.77. The zero-order chi connectivity index (χ0) is 21.0. The second kappa shape index (κ2) is 9.01.